The van der Waals surface area contributed by atoms with Gasteiger partial charge in [-0.05, 0) is 48.9 Å². The molecule has 5 nitrogen and oxygen atoms in total. The van der Waals surface area contributed by atoms with Crippen molar-refractivity contribution in [3.8, 4) is 35.3 Å². The van der Waals surface area contributed by atoms with Crippen LogP contribution in [0.1, 0.15) is 22.8 Å². The average Bonchev–Trinajstić information content (AvgIpc) is 2.70. The van der Waals surface area contributed by atoms with E-state index in [1.165, 1.54) is 13.2 Å². The van der Waals surface area contributed by atoms with E-state index in [9.17, 15) is 4.79 Å². The maximum atomic E-state index is 12.4. The van der Waals surface area contributed by atoms with Gasteiger partial charge >= 0.3 is 0 Å². The Hall–Kier alpha value is -3.39. The van der Waals surface area contributed by atoms with Crippen LogP contribution in [0.2, 0.25) is 0 Å². The van der Waals surface area contributed by atoms with Gasteiger partial charge < -0.3 is 18.9 Å². The van der Waals surface area contributed by atoms with Crippen LogP contribution in [-0.4, -0.2) is 33.2 Å². The van der Waals surface area contributed by atoms with Gasteiger partial charge in [0.25, 0.3) is 0 Å². The van der Waals surface area contributed by atoms with Gasteiger partial charge in [-0.1, -0.05) is 18.1 Å². The number of ketones is 1. The van der Waals surface area contributed by atoms with E-state index in [2.05, 4.69) is 5.92 Å². The van der Waals surface area contributed by atoms with Crippen molar-refractivity contribution < 1.29 is 23.7 Å². The first-order chi connectivity index (χ1) is 13.1. The average molecular weight is 366 g/mol. The Balaban J connectivity index is 2.20. The Labute approximate surface area is 159 Å². The predicted octanol–water partition coefficient (Wildman–Crippen LogP) is 4.01. The highest BCUT2D eigenvalue weighted by atomic mass is 16.5. The standard InChI is InChI=1S/C22H22O5/c1-5-13-27-20-11-8-16(14-22(20)26-6-2)7-10-18(23)17-9-12-19(24-3)21(15-17)25-4/h1,7-12,14-15H,6,13H2,2-4H3/b10-7+. The molecule has 0 amide bonds. The van der Waals surface area contributed by atoms with Gasteiger partial charge in [0.15, 0.2) is 28.8 Å². The zero-order chi connectivity index (χ0) is 19.6. The van der Waals surface area contributed by atoms with Crippen molar-refractivity contribution in [3.05, 3.63) is 53.6 Å². The summed E-state index contributed by atoms with van der Waals surface area (Å²) in [4.78, 5) is 12.4. The highest BCUT2D eigenvalue weighted by molar-refractivity contribution is 6.07. The summed E-state index contributed by atoms with van der Waals surface area (Å²) in [5.74, 6) is 4.49. The summed E-state index contributed by atoms with van der Waals surface area (Å²) in [5, 5.41) is 0. The van der Waals surface area contributed by atoms with Crippen LogP contribution in [0.5, 0.6) is 23.0 Å². The molecule has 0 aliphatic rings. The van der Waals surface area contributed by atoms with Crippen LogP contribution in [-0.2, 0) is 0 Å². The molecule has 2 rings (SSSR count). The van der Waals surface area contributed by atoms with Crippen LogP contribution in [0, 0.1) is 12.3 Å². The van der Waals surface area contributed by atoms with Crippen LogP contribution in [0.4, 0.5) is 0 Å². The monoisotopic (exact) mass is 366 g/mol. The lowest BCUT2D eigenvalue weighted by atomic mass is 10.1. The molecule has 0 fully saturated rings. The first kappa shape index (κ1) is 19.9. The third kappa shape index (κ3) is 5.29. The number of ether oxygens (including phenoxy) is 4. The number of methoxy groups -OCH3 is 2. The highest BCUT2D eigenvalue weighted by Gasteiger charge is 2.09. The second-order valence-electron chi connectivity index (χ2n) is 5.40. The molecule has 0 radical (unpaired) electrons. The fourth-order valence-corrected chi connectivity index (χ4v) is 2.39. The lowest BCUT2D eigenvalue weighted by molar-refractivity contribution is 0.104. The minimum atomic E-state index is -0.151. The Morgan fingerprint density at radius 2 is 1.74 bits per heavy atom. The van der Waals surface area contributed by atoms with Gasteiger partial charge in [-0.25, -0.2) is 0 Å². The first-order valence-electron chi connectivity index (χ1n) is 8.40. The van der Waals surface area contributed by atoms with Crippen molar-refractivity contribution in [2.75, 3.05) is 27.4 Å². The van der Waals surface area contributed by atoms with Crippen molar-refractivity contribution in [1.82, 2.24) is 0 Å². The van der Waals surface area contributed by atoms with Gasteiger partial charge in [0, 0.05) is 5.56 Å². The summed E-state index contributed by atoms with van der Waals surface area (Å²) in [6.07, 6.45) is 8.43. The molecule has 140 valence electrons. The summed E-state index contributed by atoms with van der Waals surface area (Å²) in [7, 11) is 3.08. The quantitative estimate of drug-likeness (QED) is 0.381. The number of carbonyl (C=O) groups excluding carboxylic acids is 1. The topological polar surface area (TPSA) is 54.0 Å². The van der Waals surface area contributed by atoms with E-state index in [-0.39, 0.29) is 12.4 Å². The van der Waals surface area contributed by atoms with Gasteiger partial charge in [0.2, 0.25) is 0 Å². The maximum absolute atomic E-state index is 12.4. The number of carbonyl (C=O) groups is 1. The van der Waals surface area contributed by atoms with E-state index >= 15 is 0 Å². The van der Waals surface area contributed by atoms with Crippen LogP contribution in [0.3, 0.4) is 0 Å². The van der Waals surface area contributed by atoms with Crippen molar-refractivity contribution >= 4 is 11.9 Å². The molecule has 2 aromatic rings. The first-order valence-corrected chi connectivity index (χ1v) is 8.40. The minimum absolute atomic E-state index is 0.151. The molecular formula is C22H22O5. The molecule has 0 aliphatic heterocycles. The summed E-state index contributed by atoms with van der Waals surface area (Å²) in [5.41, 5.74) is 1.31. The van der Waals surface area contributed by atoms with E-state index in [0.29, 0.717) is 35.2 Å². The minimum Gasteiger partial charge on any atom is -0.493 e. The molecule has 2 aromatic carbocycles. The van der Waals surface area contributed by atoms with Crippen molar-refractivity contribution in [2.24, 2.45) is 0 Å². The molecule has 27 heavy (non-hydrogen) atoms. The molecule has 0 unspecified atom stereocenters. The zero-order valence-electron chi connectivity index (χ0n) is 15.7. The Bertz CT molecular complexity index is 861. The summed E-state index contributed by atoms with van der Waals surface area (Å²) in [6.45, 7) is 2.53. The van der Waals surface area contributed by atoms with Crippen LogP contribution < -0.4 is 18.9 Å². The van der Waals surface area contributed by atoms with Gasteiger partial charge in [0.1, 0.15) is 6.61 Å². The van der Waals surface area contributed by atoms with Crippen LogP contribution in [0.15, 0.2) is 42.5 Å². The zero-order valence-corrected chi connectivity index (χ0v) is 15.7. The van der Waals surface area contributed by atoms with Crippen molar-refractivity contribution in [2.45, 2.75) is 6.92 Å². The van der Waals surface area contributed by atoms with E-state index in [4.69, 9.17) is 25.4 Å². The summed E-state index contributed by atoms with van der Waals surface area (Å²) in [6, 6.07) is 10.4. The number of terminal acetylenes is 1. The number of rotatable bonds is 9. The summed E-state index contributed by atoms with van der Waals surface area (Å²) < 4.78 is 21.5. The normalized spacial score (nSPS) is 10.3. The number of hydrogen-bond donors (Lipinski definition) is 0. The van der Waals surface area contributed by atoms with Gasteiger partial charge in [0.05, 0.1) is 20.8 Å². The third-order valence-electron chi connectivity index (χ3n) is 3.67. The highest BCUT2D eigenvalue weighted by Crippen LogP contribution is 2.30. The van der Waals surface area contributed by atoms with Crippen molar-refractivity contribution in [1.29, 1.82) is 0 Å². The maximum Gasteiger partial charge on any atom is 0.185 e. The molecular weight excluding hydrogens is 344 g/mol. The van der Waals surface area contributed by atoms with Gasteiger partial charge in [-0.15, -0.1) is 6.42 Å². The van der Waals surface area contributed by atoms with Gasteiger partial charge in [-0.3, -0.25) is 4.79 Å². The van der Waals surface area contributed by atoms with E-state index in [1.807, 2.05) is 13.0 Å². The second-order valence-corrected chi connectivity index (χ2v) is 5.40. The Morgan fingerprint density at radius 3 is 2.41 bits per heavy atom. The number of benzene rings is 2. The SMILES string of the molecule is C#CCOc1ccc(/C=C/C(=O)c2ccc(OC)c(OC)c2)cc1OCC. The molecule has 0 bridgehead atoms. The van der Waals surface area contributed by atoms with Crippen LogP contribution >= 0.6 is 0 Å². The molecule has 0 heterocycles. The largest absolute Gasteiger partial charge is 0.493 e. The molecule has 0 saturated heterocycles. The molecule has 0 aliphatic carbocycles. The molecule has 0 atom stereocenters. The lowest BCUT2D eigenvalue weighted by Gasteiger charge is -2.11. The Morgan fingerprint density at radius 1 is 1.00 bits per heavy atom. The predicted molar refractivity (Wildman–Crippen MR) is 105 cm³/mol. The van der Waals surface area contributed by atoms with Crippen molar-refractivity contribution in [3.63, 3.8) is 0 Å². The number of hydrogen-bond acceptors (Lipinski definition) is 5. The number of allylic oxidation sites excluding steroid dienone is 1. The summed E-state index contributed by atoms with van der Waals surface area (Å²) >= 11 is 0. The van der Waals surface area contributed by atoms with E-state index < -0.39 is 0 Å². The molecule has 0 saturated carbocycles. The Kier molecular flexibility index (Phi) is 7.33. The lowest BCUT2D eigenvalue weighted by Crippen LogP contribution is -1.99. The molecule has 0 aromatic heterocycles. The fourth-order valence-electron chi connectivity index (χ4n) is 2.39. The smallest absolute Gasteiger partial charge is 0.185 e. The van der Waals surface area contributed by atoms with Crippen LogP contribution in [0.25, 0.3) is 6.08 Å². The molecule has 0 N–H and O–H groups in total. The molecule has 5 heteroatoms. The van der Waals surface area contributed by atoms with Gasteiger partial charge in [-0.2, -0.15) is 0 Å². The molecule has 0 spiro atoms. The van der Waals surface area contributed by atoms with E-state index in [1.54, 1.807) is 43.5 Å². The third-order valence-corrected chi connectivity index (χ3v) is 3.67. The van der Waals surface area contributed by atoms with E-state index in [0.717, 1.165) is 5.56 Å². The second kappa shape index (κ2) is 9.93. The fraction of sp³-hybridized carbons (Fsp3) is 0.227.